The Morgan fingerprint density at radius 2 is 1.59 bits per heavy atom. The molecule has 0 aliphatic heterocycles. The van der Waals surface area contributed by atoms with Crippen molar-refractivity contribution in [2.75, 3.05) is 13.3 Å². The van der Waals surface area contributed by atoms with Crippen LogP contribution in [-0.2, 0) is 30.4 Å². The van der Waals surface area contributed by atoms with E-state index in [-0.39, 0.29) is 25.5 Å². The average molecular weight is 379 g/mol. The van der Waals surface area contributed by atoms with Crippen LogP contribution in [0.25, 0.3) is 0 Å². The summed E-state index contributed by atoms with van der Waals surface area (Å²) in [5.41, 5.74) is 0.179. The number of carbonyl (C=O) groups excluding carboxylic acids is 3. The molecular weight excluding hydrogens is 350 g/mol. The highest BCUT2D eigenvalue weighted by molar-refractivity contribution is 5.78. The Kier molecular flexibility index (Phi) is 8.78. The van der Waals surface area contributed by atoms with Crippen LogP contribution in [0, 0.1) is 5.92 Å². The van der Waals surface area contributed by atoms with Crippen LogP contribution in [0.15, 0.2) is 30.3 Å². The van der Waals surface area contributed by atoms with Gasteiger partial charge in [0.2, 0.25) is 6.79 Å². The molecule has 150 valence electrons. The Bertz CT molecular complexity index is 621. The summed E-state index contributed by atoms with van der Waals surface area (Å²) in [7, 11) is 0. The molecule has 7 nitrogen and oxygen atoms in total. The van der Waals surface area contributed by atoms with E-state index in [9.17, 15) is 14.4 Å². The molecule has 1 aromatic rings. The van der Waals surface area contributed by atoms with Crippen LogP contribution >= 0.6 is 0 Å². The third kappa shape index (κ3) is 9.08. The highest BCUT2D eigenvalue weighted by atomic mass is 16.7. The molecule has 0 unspecified atom stereocenters. The molecule has 0 aliphatic rings. The molecule has 0 radical (unpaired) electrons. The molecule has 0 aliphatic carbocycles. The van der Waals surface area contributed by atoms with Gasteiger partial charge in [0.25, 0.3) is 0 Å². The second-order valence-corrected chi connectivity index (χ2v) is 7.55. The summed E-state index contributed by atoms with van der Waals surface area (Å²) in [5, 5.41) is 0. The molecule has 1 aromatic carbocycles. The third-order valence-electron chi connectivity index (χ3n) is 3.54. The van der Waals surface area contributed by atoms with Gasteiger partial charge in [-0.15, -0.1) is 0 Å². The van der Waals surface area contributed by atoms with Crippen molar-refractivity contribution in [1.29, 1.82) is 0 Å². The number of carbonyl (C=O) groups is 3. The van der Waals surface area contributed by atoms with Crippen molar-refractivity contribution in [1.82, 2.24) is 4.90 Å². The highest BCUT2D eigenvalue weighted by Gasteiger charge is 2.30. The molecule has 7 heteroatoms. The Labute approximate surface area is 160 Å². The summed E-state index contributed by atoms with van der Waals surface area (Å²) in [4.78, 5) is 37.2. The number of nitrogens with zero attached hydrogens (tertiary/aromatic N) is 1. The number of hydrogen-bond acceptors (Lipinski definition) is 6. The van der Waals surface area contributed by atoms with Crippen LogP contribution in [-0.4, -0.2) is 41.8 Å². The SMILES string of the molecule is CC(C)CC(=O)OCOC(=O)N(CC(=O)OCc1ccccc1)C(C)(C)C. The van der Waals surface area contributed by atoms with Gasteiger partial charge < -0.3 is 14.2 Å². The molecule has 0 fully saturated rings. The van der Waals surface area contributed by atoms with Gasteiger partial charge in [0, 0.05) is 12.0 Å². The summed E-state index contributed by atoms with van der Waals surface area (Å²) in [6.07, 6.45) is -0.511. The first-order valence-electron chi connectivity index (χ1n) is 8.89. The molecule has 0 aromatic heterocycles. The predicted molar refractivity (Wildman–Crippen MR) is 99.6 cm³/mol. The topological polar surface area (TPSA) is 82.1 Å². The van der Waals surface area contributed by atoms with Gasteiger partial charge in [0.1, 0.15) is 13.2 Å². The molecule has 0 saturated carbocycles. The lowest BCUT2D eigenvalue weighted by molar-refractivity contribution is -0.155. The van der Waals surface area contributed by atoms with Gasteiger partial charge in [0.15, 0.2) is 0 Å². The zero-order chi connectivity index (χ0) is 20.4. The number of amides is 1. The third-order valence-corrected chi connectivity index (χ3v) is 3.54. The van der Waals surface area contributed by atoms with Crippen molar-refractivity contribution in [3.05, 3.63) is 35.9 Å². The van der Waals surface area contributed by atoms with E-state index in [1.54, 1.807) is 20.8 Å². The monoisotopic (exact) mass is 379 g/mol. The minimum Gasteiger partial charge on any atom is -0.459 e. The van der Waals surface area contributed by atoms with Crippen molar-refractivity contribution >= 4 is 18.0 Å². The lowest BCUT2D eigenvalue weighted by atomic mass is 10.1. The fraction of sp³-hybridized carbons (Fsp3) is 0.550. The van der Waals surface area contributed by atoms with E-state index in [1.165, 1.54) is 4.90 Å². The van der Waals surface area contributed by atoms with Crippen LogP contribution < -0.4 is 0 Å². The molecule has 0 bridgehead atoms. The van der Waals surface area contributed by atoms with E-state index in [0.717, 1.165) is 5.56 Å². The lowest BCUT2D eigenvalue weighted by Gasteiger charge is -2.33. The van der Waals surface area contributed by atoms with Gasteiger partial charge in [0.05, 0.1) is 0 Å². The highest BCUT2D eigenvalue weighted by Crippen LogP contribution is 2.15. The maximum absolute atomic E-state index is 12.3. The Balaban J connectivity index is 2.53. The van der Waals surface area contributed by atoms with E-state index in [2.05, 4.69) is 0 Å². The number of hydrogen-bond donors (Lipinski definition) is 0. The number of esters is 2. The predicted octanol–water partition coefficient (Wildman–Crippen LogP) is 3.51. The Morgan fingerprint density at radius 1 is 0.963 bits per heavy atom. The maximum Gasteiger partial charge on any atom is 0.413 e. The smallest absolute Gasteiger partial charge is 0.413 e. The van der Waals surface area contributed by atoms with E-state index < -0.39 is 30.4 Å². The summed E-state index contributed by atoms with van der Waals surface area (Å²) >= 11 is 0. The Hall–Kier alpha value is -2.57. The van der Waals surface area contributed by atoms with E-state index >= 15 is 0 Å². The molecule has 0 atom stereocenters. The summed E-state index contributed by atoms with van der Waals surface area (Å²) < 4.78 is 15.1. The molecular formula is C20H29NO6. The molecule has 1 rings (SSSR count). The van der Waals surface area contributed by atoms with Gasteiger partial charge >= 0.3 is 18.0 Å². The van der Waals surface area contributed by atoms with E-state index in [4.69, 9.17) is 14.2 Å². The molecule has 0 spiro atoms. The first-order chi connectivity index (χ1) is 12.6. The number of ether oxygens (including phenoxy) is 3. The quantitative estimate of drug-likeness (QED) is 0.508. The molecule has 0 heterocycles. The second-order valence-electron chi connectivity index (χ2n) is 7.55. The number of rotatable bonds is 8. The lowest BCUT2D eigenvalue weighted by Crippen LogP contribution is -2.49. The van der Waals surface area contributed by atoms with Crippen molar-refractivity contribution in [3.8, 4) is 0 Å². The molecule has 0 saturated heterocycles. The summed E-state index contributed by atoms with van der Waals surface area (Å²) in [6, 6.07) is 9.25. The van der Waals surface area contributed by atoms with Crippen molar-refractivity contribution in [2.24, 2.45) is 5.92 Å². The van der Waals surface area contributed by atoms with Crippen LogP contribution in [0.5, 0.6) is 0 Å². The minimum atomic E-state index is -0.753. The van der Waals surface area contributed by atoms with E-state index in [0.29, 0.717) is 0 Å². The normalized spacial score (nSPS) is 11.0. The zero-order valence-electron chi connectivity index (χ0n) is 16.7. The average Bonchev–Trinajstić information content (AvgIpc) is 2.57. The van der Waals surface area contributed by atoms with Gasteiger partial charge in [-0.3, -0.25) is 14.5 Å². The van der Waals surface area contributed by atoms with Crippen LogP contribution in [0.4, 0.5) is 4.79 Å². The Morgan fingerprint density at radius 3 is 2.15 bits per heavy atom. The van der Waals surface area contributed by atoms with Crippen LogP contribution in [0.2, 0.25) is 0 Å². The fourth-order valence-corrected chi connectivity index (χ4v) is 2.10. The molecule has 27 heavy (non-hydrogen) atoms. The van der Waals surface area contributed by atoms with Crippen molar-refractivity contribution < 1.29 is 28.6 Å². The van der Waals surface area contributed by atoms with Gasteiger partial charge in [-0.1, -0.05) is 44.2 Å². The van der Waals surface area contributed by atoms with Gasteiger partial charge in [-0.25, -0.2) is 4.79 Å². The van der Waals surface area contributed by atoms with Crippen molar-refractivity contribution in [3.63, 3.8) is 0 Å². The minimum absolute atomic E-state index is 0.125. The maximum atomic E-state index is 12.3. The number of benzene rings is 1. The second kappa shape index (κ2) is 10.5. The zero-order valence-corrected chi connectivity index (χ0v) is 16.7. The van der Waals surface area contributed by atoms with Crippen LogP contribution in [0.3, 0.4) is 0 Å². The molecule has 1 amide bonds. The molecule has 0 N–H and O–H groups in total. The summed E-state index contributed by atoms with van der Waals surface area (Å²) in [6.45, 7) is 8.44. The largest absolute Gasteiger partial charge is 0.459 e. The first-order valence-corrected chi connectivity index (χ1v) is 8.89. The van der Waals surface area contributed by atoms with Gasteiger partial charge in [-0.05, 0) is 32.3 Å². The van der Waals surface area contributed by atoms with E-state index in [1.807, 2.05) is 44.2 Å². The fourth-order valence-electron chi connectivity index (χ4n) is 2.10. The first kappa shape index (κ1) is 22.5. The van der Waals surface area contributed by atoms with Crippen LogP contribution in [0.1, 0.15) is 46.6 Å². The van der Waals surface area contributed by atoms with Gasteiger partial charge in [-0.2, -0.15) is 0 Å². The summed E-state index contributed by atoms with van der Waals surface area (Å²) in [5.74, 6) is -0.844. The standard InChI is InChI=1S/C20H29NO6/c1-15(2)11-17(22)26-14-27-19(24)21(20(3,4)5)12-18(23)25-13-16-9-7-6-8-10-16/h6-10,15H,11-14H2,1-5H3. The van der Waals surface area contributed by atoms with Crippen molar-refractivity contribution in [2.45, 2.75) is 53.2 Å².